The number of aryl methyl sites for hydroxylation is 1. The monoisotopic (exact) mass is 298 g/mol. The standard InChI is InChI=1S/C13H18N2O4S/c1-9-6-11-12(19-8-18-11)7-13(9)20(16,17)15-4-2-10(14)3-5-15/h6-7,10H,2-5,8,14H2,1H3. The van der Waals surface area contributed by atoms with Gasteiger partial charge in [-0.05, 0) is 31.4 Å². The predicted octanol–water partition coefficient (Wildman–Crippen LogP) is 0.836. The maximum absolute atomic E-state index is 12.7. The topological polar surface area (TPSA) is 81.9 Å². The summed E-state index contributed by atoms with van der Waals surface area (Å²) in [6.45, 7) is 2.84. The fraction of sp³-hybridized carbons (Fsp3) is 0.538. The van der Waals surface area contributed by atoms with Gasteiger partial charge in [0.25, 0.3) is 0 Å². The molecular formula is C13H18N2O4S. The Balaban J connectivity index is 1.95. The van der Waals surface area contributed by atoms with Crippen LogP contribution in [0, 0.1) is 6.92 Å². The summed E-state index contributed by atoms with van der Waals surface area (Å²) in [7, 11) is -3.50. The first-order valence-corrected chi connectivity index (χ1v) is 8.08. The Morgan fingerprint density at radius 2 is 1.80 bits per heavy atom. The highest BCUT2D eigenvalue weighted by Gasteiger charge is 2.31. The summed E-state index contributed by atoms with van der Waals surface area (Å²) in [5.41, 5.74) is 6.50. The van der Waals surface area contributed by atoms with Crippen LogP contribution in [-0.4, -0.2) is 38.6 Å². The molecule has 0 unspecified atom stereocenters. The fourth-order valence-electron chi connectivity index (χ4n) is 2.56. The highest BCUT2D eigenvalue weighted by molar-refractivity contribution is 7.89. The molecule has 110 valence electrons. The molecule has 2 aliphatic heterocycles. The molecule has 2 N–H and O–H groups in total. The van der Waals surface area contributed by atoms with Crippen LogP contribution in [0.1, 0.15) is 18.4 Å². The molecule has 0 saturated carbocycles. The third kappa shape index (κ3) is 2.25. The van der Waals surface area contributed by atoms with E-state index in [1.54, 1.807) is 19.1 Å². The van der Waals surface area contributed by atoms with E-state index in [4.69, 9.17) is 15.2 Å². The Bertz CT molecular complexity index is 622. The van der Waals surface area contributed by atoms with Crippen molar-refractivity contribution in [1.82, 2.24) is 4.31 Å². The molecule has 1 aromatic carbocycles. The summed E-state index contributed by atoms with van der Waals surface area (Å²) in [5, 5.41) is 0. The van der Waals surface area contributed by atoms with Crippen LogP contribution in [0.3, 0.4) is 0 Å². The number of piperidine rings is 1. The number of hydrogen-bond donors (Lipinski definition) is 1. The van der Waals surface area contributed by atoms with Crippen molar-refractivity contribution in [3.63, 3.8) is 0 Å². The van der Waals surface area contributed by atoms with E-state index in [0.717, 1.165) is 0 Å². The first kappa shape index (κ1) is 13.7. The van der Waals surface area contributed by atoms with Crippen molar-refractivity contribution < 1.29 is 17.9 Å². The largest absolute Gasteiger partial charge is 0.454 e. The van der Waals surface area contributed by atoms with Crippen molar-refractivity contribution in [1.29, 1.82) is 0 Å². The zero-order chi connectivity index (χ0) is 14.3. The zero-order valence-corrected chi connectivity index (χ0v) is 12.1. The first-order valence-electron chi connectivity index (χ1n) is 6.64. The molecule has 0 aliphatic carbocycles. The summed E-state index contributed by atoms with van der Waals surface area (Å²) in [6.07, 6.45) is 1.39. The smallest absolute Gasteiger partial charge is 0.243 e. The summed E-state index contributed by atoms with van der Waals surface area (Å²) in [4.78, 5) is 0.289. The van der Waals surface area contributed by atoms with E-state index in [1.807, 2.05) is 0 Å². The van der Waals surface area contributed by atoms with E-state index in [1.165, 1.54) is 4.31 Å². The molecule has 1 saturated heterocycles. The van der Waals surface area contributed by atoms with Gasteiger partial charge in [-0.15, -0.1) is 0 Å². The average molecular weight is 298 g/mol. The molecule has 0 bridgehead atoms. The normalized spacial score (nSPS) is 20.3. The van der Waals surface area contributed by atoms with Gasteiger partial charge in [0.15, 0.2) is 11.5 Å². The molecule has 3 rings (SSSR count). The van der Waals surface area contributed by atoms with Gasteiger partial charge >= 0.3 is 0 Å². The van der Waals surface area contributed by atoms with Gasteiger partial charge in [0.05, 0.1) is 4.90 Å². The van der Waals surface area contributed by atoms with Crippen LogP contribution in [0.4, 0.5) is 0 Å². The third-order valence-corrected chi connectivity index (χ3v) is 5.83. The van der Waals surface area contributed by atoms with E-state index in [9.17, 15) is 8.42 Å². The van der Waals surface area contributed by atoms with Crippen molar-refractivity contribution in [3.8, 4) is 11.5 Å². The summed E-state index contributed by atoms with van der Waals surface area (Å²) in [5.74, 6) is 1.09. The Morgan fingerprint density at radius 3 is 2.45 bits per heavy atom. The Hall–Kier alpha value is -1.31. The highest BCUT2D eigenvalue weighted by Crippen LogP contribution is 2.37. The maximum atomic E-state index is 12.7. The van der Waals surface area contributed by atoms with Crippen LogP contribution < -0.4 is 15.2 Å². The average Bonchev–Trinajstić information content (AvgIpc) is 2.85. The van der Waals surface area contributed by atoms with Crippen LogP contribution in [0.2, 0.25) is 0 Å². The van der Waals surface area contributed by atoms with E-state index in [-0.39, 0.29) is 17.7 Å². The lowest BCUT2D eigenvalue weighted by molar-refractivity contribution is 0.174. The van der Waals surface area contributed by atoms with Crippen molar-refractivity contribution in [2.75, 3.05) is 19.9 Å². The van der Waals surface area contributed by atoms with E-state index < -0.39 is 10.0 Å². The number of sulfonamides is 1. The number of benzene rings is 1. The minimum Gasteiger partial charge on any atom is -0.454 e. The zero-order valence-electron chi connectivity index (χ0n) is 11.3. The molecule has 0 aromatic heterocycles. The Labute approximate surface area is 118 Å². The van der Waals surface area contributed by atoms with Crippen molar-refractivity contribution in [2.45, 2.75) is 30.7 Å². The molecule has 1 fully saturated rings. The molecule has 0 radical (unpaired) electrons. The van der Waals surface area contributed by atoms with Gasteiger partial charge in [0.1, 0.15) is 0 Å². The summed E-state index contributed by atoms with van der Waals surface area (Å²) < 4.78 is 37.4. The lowest BCUT2D eigenvalue weighted by Crippen LogP contribution is -2.42. The van der Waals surface area contributed by atoms with Crippen molar-refractivity contribution >= 4 is 10.0 Å². The number of nitrogens with two attached hydrogens (primary N) is 1. The van der Waals surface area contributed by atoms with E-state index in [2.05, 4.69) is 0 Å². The second kappa shape index (κ2) is 4.91. The van der Waals surface area contributed by atoms with Crippen LogP contribution in [0.15, 0.2) is 17.0 Å². The lowest BCUT2D eigenvalue weighted by Gasteiger charge is -2.29. The van der Waals surface area contributed by atoms with E-state index >= 15 is 0 Å². The van der Waals surface area contributed by atoms with Crippen LogP contribution in [-0.2, 0) is 10.0 Å². The van der Waals surface area contributed by atoms with Gasteiger partial charge in [-0.3, -0.25) is 0 Å². The van der Waals surface area contributed by atoms with Gasteiger partial charge in [0.2, 0.25) is 16.8 Å². The number of rotatable bonds is 2. The predicted molar refractivity (Wildman–Crippen MR) is 73.3 cm³/mol. The SMILES string of the molecule is Cc1cc2c(cc1S(=O)(=O)N1CCC(N)CC1)OCO2. The molecule has 20 heavy (non-hydrogen) atoms. The molecule has 0 spiro atoms. The minimum absolute atomic E-state index is 0.0966. The molecule has 2 aliphatic rings. The highest BCUT2D eigenvalue weighted by atomic mass is 32.2. The number of nitrogens with zero attached hydrogens (tertiary/aromatic N) is 1. The molecule has 0 atom stereocenters. The molecule has 0 amide bonds. The minimum atomic E-state index is -3.50. The van der Waals surface area contributed by atoms with Gasteiger partial charge in [-0.25, -0.2) is 8.42 Å². The van der Waals surface area contributed by atoms with Gasteiger partial charge in [0, 0.05) is 25.2 Å². The van der Waals surface area contributed by atoms with Gasteiger partial charge < -0.3 is 15.2 Å². The summed E-state index contributed by atoms with van der Waals surface area (Å²) in [6, 6.07) is 3.37. The number of ether oxygens (including phenoxy) is 2. The van der Waals surface area contributed by atoms with Gasteiger partial charge in [-0.2, -0.15) is 4.31 Å². The fourth-order valence-corrected chi connectivity index (χ4v) is 4.25. The molecular weight excluding hydrogens is 280 g/mol. The van der Waals surface area contributed by atoms with Crippen molar-refractivity contribution in [2.24, 2.45) is 5.73 Å². The van der Waals surface area contributed by atoms with Crippen LogP contribution in [0.25, 0.3) is 0 Å². The maximum Gasteiger partial charge on any atom is 0.243 e. The second-order valence-corrected chi connectivity index (χ2v) is 7.12. The van der Waals surface area contributed by atoms with Crippen molar-refractivity contribution in [3.05, 3.63) is 17.7 Å². The van der Waals surface area contributed by atoms with Crippen LogP contribution >= 0.6 is 0 Å². The quantitative estimate of drug-likeness (QED) is 0.875. The van der Waals surface area contributed by atoms with Crippen LogP contribution in [0.5, 0.6) is 11.5 Å². The second-order valence-electron chi connectivity index (χ2n) is 5.21. The third-order valence-electron chi connectivity index (χ3n) is 3.79. The van der Waals surface area contributed by atoms with E-state index in [0.29, 0.717) is 43.0 Å². The summed E-state index contributed by atoms with van der Waals surface area (Å²) >= 11 is 0. The Kier molecular flexibility index (Phi) is 3.35. The number of fused-ring (bicyclic) bond motifs is 1. The molecule has 1 aromatic rings. The Morgan fingerprint density at radius 1 is 1.20 bits per heavy atom. The van der Waals surface area contributed by atoms with Gasteiger partial charge in [-0.1, -0.05) is 0 Å². The molecule has 6 nitrogen and oxygen atoms in total. The first-order chi connectivity index (χ1) is 9.48. The molecule has 7 heteroatoms. The number of hydrogen-bond acceptors (Lipinski definition) is 5. The molecule has 2 heterocycles. The lowest BCUT2D eigenvalue weighted by atomic mass is 10.1.